The summed E-state index contributed by atoms with van der Waals surface area (Å²) in [5, 5.41) is 0. The summed E-state index contributed by atoms with van der Waals surface area (Å²) >= 11 is 0. The maximum atomic E-state index is 5.80. The Morgan fingerprint density at radius 3 is 2.72 bits per heavy atom. The molecule has 3 nitrogen and oxygen atoms in total. The lowest BCUT2D eigenvalue weighted by atomic mass is 10.2. The third-order valence-corrected chi connectivity index (χ3v) is 2.75. The lowest BCUT2D eigenvalue weighted by Gasteiger charge is -2.07. The van der Waals surface area contributed by atoms with Crippen molar-refractivity contribution in [1.82, 2.24) is 4.98 Å². The molecule has 0 saturated heterocycles. The Morgan fingerprint density at radius 1 is 1.11 bits per heavy atom. The topological polar surface area (TPSA) is 48.1 Å². The van der Waals surface area contributed by atoms with Crippen LogP contribution in [0.1, 0.15) is 18.1 Å². The van der Waals surface area contributed by atoms with Gasteiger partial charge in [-0.25, -0.2) is 0 Å². The number of aromatic nitrogens is 1. The first kappa shape index (κ1) is 12.6. The molecule has 0 aliphatic carbocycles. The Bertz CT molecular complexity index is 511. The summed E-state index contributed by atoms with van der Waals surface area (Å²) in [5.74, 6) is 1.61. The molecule has 0 aliphatic rings. The number of pyridine rings is 1. The third kappa shape index (κ3) is 3.31. The fourth-order valence-corrected chi connectivity index (χ4v) is 1.79. The van der Waals surface area contributed by atoms with E-state index < -0.39 is 0 Å². The van der Waals surface area contributed by atoms with E-state index in [4.69, 9.17) is 10.5 Å². The zero-order chi connectivity index (χ0) is 12.8. The van der Waals surface area contributed by atoms with Gasteiger partial charge in [0, 0.05) is 6.20 Å². The number of ether oxygens (including phenoxy) is 1. The quantitative estimate of drug-likeness (QED) is 0.877. The zero-order valence-corrected chi connectivity index (χ0v) is 10.6. The summed E-state index contributed by atoms with van der Waals surface area (Å²) in [6.07, 6.45) is 5.36. The van der Waals surface area contributed by atoms with Gasteiger partial charge in [-0.05, 0) is 48.7 Å². The molecule has 1 heterocycles. The number of nitrogens with two attached hydrogens (primary N) is 1. The minimum absolute atomic E-state index is 0.621. The molecule has 3 heteroatoms. The van der Waals surface area contributed by atoms with Crippen LogP contribution in [0.15, 0.2) is 42.7 Å². The van der Waals surface area contributed by atoms with Gasteiger partial charge in [0.15, 0.2) is 0 Å². The molecule has 0 saturated carbocycles. The maximum Gasteiger partial charge on any atom is 0.145 e. The largest absolute Gasteiger partial charge is 0.456 e. The summed E-state index contributed by atoms with van der Waals surface area (Å²) in [4.78, 5) is 4.16. The first-order valence-electron chi connectivity index (χ1n) is 6.22. The summed E-state index contributed by atoms with van der Waals surface area (Å²) in [7, 11) is 0. The Hall–Kier alpha value is -1.87. The molecule has 0 fully saturated rings. The van der Waals surface area contributed by atoms with Crippen LogP contribution >= 0.6 is 0 Å². The van der Waals surface area contributed by atoms with Gasteiger partial charge in [-0.15, -0.1) is 0 Å². The maximum absolute atomic E-state index is 5.80. The molecular weight excluding hydrogens is 224 g/mol. The van der Waals surface area contributed by atoms with Crippen molar-refractivity contribution in [2.45, 2.75) is 19.8 Å². The van der Waals surface area contributed by atoms with Gasteiger partial charge in [0.25, 0.3) is 0 Å². The lowest BCUT2D eigenvalue weighted by molar-refractivity contribution is 0.479. The van der Waals surface area contributed by atoms with Crippen LogP contribution in [0.3, 0.4) is 0 Å². The normalized spacial score (nSPS) is 10.3. The van der Waals surface area contributed by atoms with E-state index in [9.17, 15) is 0 Å². The van der Waals surface area contributed by atoms with Gasteiger partial charge in [-0.3, -0.25) is 4.98 Å². The van der Waals surface area contributed by atoms with Crippen molar-refractivity contribution in [3.63, 3.8) is 0 Å². The second-order valence-electron chi connectivity index (χ2n) is 4.17. The van der Waals surface area contributed by atoms with E-state index in [1.165, 1.54) is 5.56 Å². The zero-order valence-electron chi connectivity index (χ0n) is 10.6. The van der Waals surface area contributed by atoms with E-state index in [1.54, 1.807) is 6.20 Å². The smallest absolute Gasteiger partial charge is 0.145 e. The number of hydrogen-bond acceptors (Lipinski definition) is 3. The molecule has 2 aromatic rings. The molecule has 0 amide bonds. The Morgan fingerprint density at radius 2 is 1.94 bits per heavy atom. The van der Waals surface area contributed by atoms with Crippen LogP contribution in [-0.2, 0) is 12.8 Å². The fourth-order valence-electron chi connectivity index (χ4n) is 1.79. The highest BCUT2D eigenvalue weighted by Crippen LogP contribution is 2.22. The monoisotopic (exact) mass is 242 g/mol. The van der Waals surface area contributed by atoms with Gasteiger partial charge in [-0.1, -0.05) is 19.1 Å². The van der Waals surface area contributed by atoms with Crippen LogP contribution in [-0.4, -0.2) is 11.5 Å². The van der Waals surface area contributed by atoms with E-state index in [0.29, 0.717) is 6.54 Å². The van der Waals surface area contributed by atoms with Crippen molar-refractivity contribution in [2.24, 2.45) is 5.73 Å². The van der Waals surface area contributed by atoms with E-state index in [0.717, 1.165) is 29.9 Å². The first-order valence-corrected chi connectivity index (χ1v) is 6.22. The molecule has 1 aromatic carbocycles. The molecule has 1 aromatic heterocycles. The minimum Gasteiger partial charge on any atom is -0.456 e. The molecule has 0 aliphatic heterocycles. The molecular formula is C15H18N2O. The second-order valence-corrected chi connectivity index (χ2v) is 4.17. The van der Waals surface area contributed by atoms with Gasteiger partial charge in [0.05, 0.1) is 6.20 Å². The molecule has 94 valence electrons. The molecule has 0 unspecified atom stereocenters. The second kappa shape index (κ2) is 6.17. The van der Waals surface area contributed by atoms with E-state index in [-0.39, 0.29) is 0 Å². The number of nitrogens with zero attached hydrogens (tertiary/aromatic N) is 1. The Labute approximate surface area is 108 Å². The van der Waals surface area contributed by atoms with Crippen LogP contribution in [0, 0.1) is 0 Å². The van der Waals surface area contributed by atoms with Gasteiger partial charge < -0.3 is 10.5 Å². The summed E-state index contributed by atoms with van der Waals surface area (Å²) in [6, 6.07) is 10.1. The predicted octanol–water partition coefficient (Wildman–Crippen LogP) is 2.94. The highest BCUT2D eigenvalue weighted by Gasteiger charge is 2.00. The number of benzene rings is 1. The summed E-state index contributed by atoms with van der Waals surface area (Å²) in [6.45, 7) is 2.75. The van der Waals surface area contributed by atoms with Gasteiger partial charge in [-0.2, -0.15) is 0 Å². The number of rotatable bonds is 5. The van der Waals surface area contributed by atoms with Gasteiger partial charge >= 0.3 is 0 Å². The molecule has 18 heavy (non-hydrogen) atoms. The van der Waals surface area contributed by atoms with Crippen molar-refractivity contribution >= 4 is 0 Å². The van der Waals surface area contributed by atoms with Gasteiger partial charge in [0.2, 0.25) is 0 Å². The summed E-state index contributed by atoms with van der Waals surface area (Å²) < 4.78 is 5.80. The van der Waals surface area contributed by atoms with E-state index in [1.807, 2.05) is 24.4 Å². The molecule has 0 spiro atoms. The Kier molecular flexibility index (Phi) is 4.31. The number of hydrogen-bond donors (Lipinski definition) is 1. The van der Waals surface area contributed by atoms with Crippen molar-refractivity contribution in [1.29, 1.82) is 0 Å². The van der Waals surface area contributed by atoms with Crippen LogP contribution in [0.2, 0.25) is 0 Å². The first-order chi connectivity index (χ1) is 8.81. The molecule has 2 rings (SSSR count). The lowest BCUT2D eigenvalue weighted by Crippen LogP contribution is -2.03. The molecule has 0 atom stereocenters. The molecule has 0 radical (unpaired) electrons. The third-order valence-electron chi connectivity index (χ3n) is 2.75. The van der Waals surface area contributed by atoms with Crippen molar-refractivity contribution in [3.05, 3.63) is 53.9 Å². The van der Waals surface area contributed by atoms with Crippen LogP contribution in [0.4, 0.5) is 0 Å². The summed E-state index contributed by atoms with van der Waals surface area (Å²) in [5.41, 5.74) is 7.89. The fraction of sp³-hybridized carbons (Fsp3) is 0.267. The molecule has 2 N–H and O–H groups in total. The van der Waals surface area contributed by atoms with Crippen LogP contribution in [0.25, 0.3) is 0 Å². The minimum atomic E-state index is 0.621. The number of aryl methyl sites for hydroxylation is 1. The highest BCUT2D eigenvalue weighted by atomic mass is 16.5. The van der Waals surface area contributed by atoms with Crippen LogP contribution < -0.4 is 10.5 Å². The van der Waals surface area contributed by atoms with E-state index >= 15 is 0 Å². The standard InChI is InChI=1S/C15H18N2O/c1-2-12-4-3-5-14(8-12)18-15-9-13(6-7-16)10-17-11-15/h3-5,8-11H,2,6-7,16H2,1H3. The predicted molar refractivity (Wildman–Crippen MR) is 72.9 cm³/mol. The van der Waals surface area contributed by atoms with Crippen molar-refractivity contribution < 1.29 is 4.74 Å². The highest BCUT2D eigenvalue weighted by molar-refractivity contribution is 5.34. The SMILES string of the molecule is CCc1cccc(Oc2cncc(CCN)c2)c1. The van der Waals surface area contributed by atoms with E-state index in [2.05, 4.69) is 24.0 Å². The average molecular weight is 242 g/mol. The van der Waals surface area contributed by atoms with Crippen molar-refractivity contribution in [3.8, 4) is 11.5 Å². The average Bonchev–Trinajstić information content (AvgIpc) is 2.40. The van der Waals surface area contributed by atoms with Gasteiger partial charge in [0.1, 0.15) is 11.5 Å². The molecule has 0 bridgehead atoms. The van der Waals surface area contributed by atoms with Crippen LogP contribution in [0.5, 0.6) is 11.5 Å². The van der Waals surface area contributed by atoms with Crippen molar-refractivity contribution in [2.75, 3.05) is 6.54 Å². The Balaban J connectivity index is 2.14.